The van der Waals surface area contributed by atoms with Gasteiger partial charge in [0.25, 0.3) is 5.91 Å². The molecular formula is C11H15N3O3. The van der Waals surface area contributed by atoms with Crippen LogP contribution in [0.15, 0.2) is 18.3 Å². The zero-order valence-electron chi connectivity index (χ0n) is 9.80. The molecule has 6 heteroatoms. The van der Waals surface area contributed by atoms with Gasteiger partial charge >= 0.3 is 5.97 Å². The van der Waals surface area contributed by atoms with Crippen LogP contribution in [0.25, 0.3) is 0 Å². The monoisotopic (exact) mass is 237 g/mol. The Balaban J connectivity index is 2.62. The predicted octanol–water partition coefficient (Wildman–Crippen LogP) is 0.352. The zero-order chi connectivity index (χ0) is 12.8. The summed E-state index contributed by atoms with van der Waals surface area (Å²) in [5, 5.41) is 10.9. The molecule has 1 aromatic heterocycles. The molecule has 0 spiro atoms. The minimum Gasteiger partial charge on any atom is -0.481 e. The second-order valence-electron chi connectivity index (χ2n) is 3.69. The summed E-state index contributed by atoms with van der Waals surface area (Å²) in [6.45, 7) is 0.0992. The van der Waals surface area contributed by atoms with Crippen molar-refractivity contribution >= 4 is 17.6 Å². The lowest BCUT2D eigenvalue weighted by Gasteiger charge is -2.12. The first kappa shape index (κ1) is 13.0. The molecule has 0 atom stereocenters. The van der Waals surface area contributed by atoms with Crippen molar-refractivity contribution in [2.45, 2.75) is 6.42 Å². The van der Waals surface area contributed by atoms with E-state index in [-0.39, 0.29) is 24.6 Å². The van der Waals surface area contributed by atoms with Gasteiger partial charge in [-0.15, -0.1) is 0 Å². The van der Waals surface area contributed by atoms with Gasteiger partial charge in [-0.1, -0.05) is 0 Å². The lowest BCUT2D eigenvalue weighted by atomic mass is 10.3. The highest BCUT2D eigenvalue weighted by Crippen LogP contribution is 2.10. The number of rotatable bonds is 5. The molecule has 2 N–H and O–H groups in total. The minimum absolute atomic E-state index is 0.0981. The number of carboxylic acid groups (broad SMARTS) is 1. The third kappa shape index (κ3) is 4.10. The molecule has 0 saturated carbocycles. The fraction of sp³-hybridized carbons (Fsp3) is 0.364. The van der Waals surface area contributed by atoms with Gasteiger partial charge in [-0.05, 0) is 12.1 Å². The first-order valence-electron chi connectivity index (χ1n) is 5.14. The number of nitrogens with one attached hydrogen (secondary N) is 1. The second-order valence-corrected chi connectivity index (χ2v) is 3.69. The molecule has 0 radical (unpaired) electrons. The number of carbonyl (C=O) groups is 2. The highest BCUT2D eigenvalue weighted by molar-refractivity contribution is 5.93. The van der Waals surface area contributed by atoms with Crippen LogP contribution in [0.1, 0.15) is 16.9 Å². The van der Waals surface area contributed by atoms with Crippen molar-refractivity contribution in [2.24, 2.45) is 0 Å². The van der Waals surface area contributed by atoms with Crippen LogP contribution in [0.2, 0.25) is 0 Å². The molecule has 0 saturated heterocycles. The van der Waals surface area contributed by atoms with E-state index in [0.717, 1.165) is 5.69 Å². The van der Waals surface area contributed by atoms with Crippen LogP contribution in [-0.4, -0.2) is 42.6 Å². The summed E-state index contributed by atoms with van der Waals surface area (Å²) in [5.41, 5.74) is 1.14. The SMILES string of the molecule is CN(C)c1ccnc(C(=O)NCCC(=O)O)c1. The average Bonchev–Trinajstić information content (AvgIpc) is 2.28. The third-order valence-corrected chi connectivity index (χ3v) is 2.12. The van der Waals surface area contributed by atoms with Crippen LogP contribution < -0.4 is 10.2 Å². The number of carbonyl (C=O) groups excluding carboxylic acids is 1. The lowest BCUT2D eigenvalue weighted by molar-refractivity contribution is -0.136. The van der Waals surface area contributed by atoms with E-state index in [9.17, 15) is 9.59 Å². The smallest absolute Gasteiger partial charge is 0.305 e. The number of aromatic nitrogens is 1. The zero-order valence-corrected chi connectivity index (χ0v) is 9.80. The van der Waals surface area contributed by atoms with Crippen LogP contribution >= 0.6 is 0 Å². The van der Waals surface area contributed by atoms with Crippen LogP contribution in [0, 0.1) is 0 Å². The van der Waals surface area contributed by atoms with Gasteiger partial charge in [0.05, 0.1) is 6.42 Å². The molecule has 0 aliphatic heterocycles. The molecule has 0 aliphatic rings. The number of pyridine rings is 1. The summed E-state index contributed by atoms with van der Waals surface area (Å²) in [4.78, 5) is 27.7. The van der Waals surface area contributed by atoms with Gasteiger partial charge in [0.1, 0.15) is 5.69 Å². The number of aliphatic carboxylic acids is 1. The standard InChI is InChI=1S/C11H15N3O3/c1-14(2)8-3-5-12-9(7-8)11(17)13-6-4-10(15)16/h3,5,7H,4,6H2,1-2H3,(H,13,17)(H,15,16). The van der Waals surface area contributed by atoms with Gasteiger partial charge < -0.3 is 15.3 Å². The molecular weight excluding hydrogens is 222 g/mol. The number of nitrogens with zero attached hydrogens (tertiary/aromatic N) is 2. The van der Waals surface area contributed by atoms with E-state index >= 15 is 0 Å². The van der Waals surface area contributed by atoms with Gasteiger partial charge in [0.15, 0.2) is 0 Å². The topological polar surface area (TPSA) is 82.5 Å². The van der Waals surface area contributed by atoms with Crippen molar-refractivity contribution in [1.82, 2.24) is 10.3 Å². The number of hydrogen-bond acceptors (Lipinski definition) is 4. The number of amides is 1. The first-order valence-corrected chi connectivity index (χ1v) is 5.14. The van der Waals surface area contributed by atoms with Crippen molar-refractivity contribution in [3.63, 3.8) is 0 Å². The van der Waals surface area contributed by atoms with Gasteiger partial charge in [0, 0.05) is 32.5 Å². The van der Waals surface area contributed by atoms with Crippen molar-refractivity contribution < 1.29 is 14.7 Å². The van der Waals surface area contributed by atoms with Crippen LogP contribution in [0.3, 0.4) is 0 Å². The van der Waals surface area contributed by atoms with E-state index in [4.69, 9.17) is 5.11 Å². The second kappa shape index (κ2) is 5.83. The highest BCUT2D eigenvalue weighted by atomic mass is 16.4. The molecule has 0 aliphatic carbocycles. The average molecular weight is 237 g/mol. The van der Waals surface area contributed by atoms with E-state index in [0.29, 0.717) is 0 Å². The van der Waals surface area contributed by atoms with E-state index < -0.39 is 5.97 Å². The molecule has 0 unspecified atom stereocenters. The van der Waals surface area contributed by atoms with E-state index in [2.05, 4.69) is 10.3 Å². The maximum Gasteiger partial charge on any atom is 0.305 e. The molecule has 1 rings (SSSR count). The quantitative estimate of drug-likeness (QED) is 0.772. The van der Waals surface area contributed by atoms with Crippen LogP contribution in [-0.2, 0) is 4.79 Å². The Morgan fingerprint density at radius 3 is 2.76 bits per heavy atom. The largest absolute Gasteiger partial charge is 0.481 e. The summed E-state index contributed by atoms with van der Waals surface area (Å²) in [7, 11) is 3.73. The van der Waals surface area contributed by atoms with E-state index in [1.54, 1.807) is 18.3 Å². The van der Waals surface area contributed by atoms with Gasteiger partial charge in [-0.3, -0.25) is 14.6 Å². The van der Waals surface area contributed by atoms with Crippen molar-refractivity contribution in [3.8, 4) is 0 Å². The highest BCUT2D eigenvalue weighted by Gasteiger charge is 2.08. The molecule has 0 fully saturated rings. The number of anilines is 1. The first-order chi connectivity index (χ1) is 8.00. The van der Waals surface area contributed by atoms with Crippen LogP contribution in [0.4, 0.5) is 5.69 Å². The van der Waals surface area contributed by atoms with Crippen molar-refractivity contribution in [1.29, 1.82) is 0 Å². The molecule has 6 nitrogen and oxygen atoms in total. The third-order valence-electron chi connectivity index (χ3n) is 2.12. The lowest BCUT2D eigenvalue weighted by Crippen LogP contribution is -2.27. The minimum atomic E-state index is -0.944. The maximum atomic E-state index is 11.6. The van der Waals surface area contributed by atoms with Crippen molar-refractivity contribution in [2.75, 3.05) is 25.5 Å². The fourth-order valence-electron chi connectivity index (χ4n) is 1.20. The summed E-state index contributed by atoms with van der Waals surface area (Å²) in [6.07, 6.45) is 1.44. The Kier molecular flexibility index (Phi) is 4.45. The molecule has 17 heavy (non-hydrogen) atoms. The molecule has 1 amide bonds. The summed E-state index contributed by atoms with van der Waals surface area (Å²) >= 11 is 0. The maximum absolute atomic E-state index is 11.6. The molecule has 92 valence electrons. The summed E-state index contributed by atoms with van der Waals surface area (Å²) in [6, 6.07) is 3.43. The Labute approximate surface area is 99.3 Å². The number of carboxylic acids is 1. The molecule has 0 bridgehead atoms. The summed E-state index contributed by atoms with van der Waals surface area (Å²) < 4.78 is 0. The molecule has 1 heterocycles. The Hall–Kier alpha value is -2.11. The predicted molar refractivity (Wildman–Crippen MR) is 63.2 cm³/mol. The van der Waals surface area contributed by atoms with Gasteiger partial charge in [-0.2, -0.15) is 0 Å². The molecule has 0 aromatic carbocycles. The Morgan fingerprint density at radius 1 is 1.47 bits per heavy atom. The van der Waals surface area contributed by atoms with E-state index in [1.165, 1.54) is 0 Å². The fourth-order valence-corrected chi connectivity index (χ4v) is 1.20. The van der Waals surface area contributed by atoms with Gasteiger partial charge in [-0.25, -0.2) is 0 Å². The number of hydrogen-bond donors (Lipinski definition) is 2. The summed E-state index contributed by atoms with van der Waals surface area (Å²) in [5.74, 6) is -1.31. The van der Waals surface area contributed by atoms with Gasteiger partial charge in [0.2, 0.25) is 0 Å². The normalized spacial score (nSPS) is 9.76. The van der Waals surface area contributed by atoms with Crippen LogP contribution in [0.5, 0.6) is 0 Å². The molecule has 1 aromatic rings. The Bertz CT molecular complexity index is 418. The van der Waals surface area contributed by atoms with E-state index in [1.807, 2.05) is 19.0 Å². The Morgan fingerprint density at radius 2 is 2.18 bits per heavy atom. The van der Waals surface area contributed by atoms with Crippen molar-refractivity contribution in [3.05, 3.63) is 24.0 Å².